The topological polar surface area (TPSA) is 32.3 Å². The predicted octanol–water partition coefficient (Wildman–Crippen LogP) is 2.52. The minimum atomic E-state index is 0.139. The molecule has 1 atom stereocenters. The summed E-state index contributed by atoms with van der Waals surface area (Å²) in [6.45, 7) is 2.91. The first-order chi connectivity index (χ1) is 6.63. The van der Waals surface area contributed by atoms with Crippen LogP contribution in [-0.4, -0.2) is 17.8 Å². The lowest BCUT2D eigenvalue weighted by atomic mass is 10.2. The maximum Gasteiger partial charge on any atom is 0.0582 e. The van der Waals surface area contributed by atoms with Gasteiger partial charge in [-0.25, -0.2) is 0 Å². The molecule has 14 heavy (non-hydrogen) atoms. The molecule has 0 fully saturated rings. The number of hydrogen-bond acceptors (Lipinski definition) is 2. The van der Waals surface area contributed by atoms with Gasteiger partial charge in [-0.1, -0.05) is 15.9 Å². The molecular formula is C10H13BrINO. The third kappa shape index (κ3) is 3.84. The van der Waals surface area contributed by atoms with Crippen molar-refractivity contribution in [1.82, 2.24) is 5.32 Å². The Kier molecular flexibility index (Phi) is 5.36. The Bertz CT molecular complexity index is 306. The highest BCUT2D eigenvalue weighted by atomic mass is 127. The molecule has 78 valence electrons. The van der Waals surface area contributed by atoms with Crippen LogP contribution in [0, 0.1) is 3.57 Å². The van der Waals surface area contributed by atoms with Crippen molar-refractivity contribution in [3.05, 3.63) is 31.8 Å². The molecule has 0 spiro atoms. The number of hydrogen-bond donors (Lipinski definition) is 2. The van der Waals surface area contributed by atoms with Gasteiger partial charge >= 0.3 is 0 Å². The van der Waals surface area contributed by atoms with Crippen molar-refractivity contribution in [2.24, 2.45) is 0 Å². The Hall–Kier alpha value is 0.350. The molecule has 0 aliphatic carbocycles. The van der Waals surface area contributed by atoms with Gasteiger partial charge < -0.3 is 10.4 Å². The summed E-state index contributed by atoms with van der Waals surface area (Å²) in [4.78, 5) is 0. The number of nitrogens with one attached hydrogen (secondary N) is 1. The minimum absolute atomic E-state index is 0.139. The van der Waals surface area contributed by atoms with Gasteiger partial charge in [0.25, 0.3) is 0 Å². The van der Waals surface area contributed by atoms with E-state index in [1.165, 1.54) is 9.13 Å². The van der Waals surface area contributed by atoms with Crippen LogP contribution in [0.15, 0.2) is 22.7 Å². The fraction of sp³-hybridized carbons (Fsp3) is 0.400. The van der Waals surface area contributed by atoms with E-state index in [2.05, 4.69) is 56.0 Å². The lowest BCUT2D eigenvalue weighted by Crippen LogP contribution is -2.28. The Morgan fingerprint density at radius 3 is 2.93 bits per heavy atom. The molecule has 0 saturated carbocycles. The third-order valence-corrected chi connectivity index (χ3v) is 3.37. The highest BCUT2D eigenvalue weighted by Gasteiger charge is 2.03. The Labute approximate surface area is 106 Å². The van der Waals surface area contributed by atoms with E-state index in [0.29, 0.717) is 0 Å². The van der Waals surface area contributed by atoms with Gasteiger partial charge in [-0.3, -0.25) is 0 Å². The summed E-state index contributed by atoms with van der Waals surface area (Å²) in [5, 5.41) is 12.1. The van der Waals surface area contributed by atoms with E-state index in [4.69, 9.17) is 5.11 Å². The van der Waals surface area contributed by atoms with Crippen molar-refractivity contribution in [1.29, 1.82) is 0 Å². The van der Waals surface area contributed by atoms with E-state index in [1.54, 1.807) is 0 Å². The smallest absolute Gasteiger partial charge is 0.0582 e. The number of rotatable bonds is 4. The average molecular weight is 370 g/mol. The van der Waals surface area contributed by atoms with E-state index in [9.17, 15) is 0 Å². The lowest BCUT2D eigenvalue weighted by Gasteiger charge is -2.11. The molecule has 0 amide bonds. The zero-order valence-corrected chi connectivity index (χ0v) is 11.7. The zero-order chi connectivity index (χ0) is 10.6. The van der Waals surface area contributed by atoms with Crippen molar-refractivity contribution in [3.8, 4) is 0 Å². The monoisotopic (exact) mass is 369 g/mol. The van der Waals surface area contributed by atoms with Crippen LogP contribution in [0.5, 0.6) is 0 Å². The first-order valence-corrected chi connectivity index (χ1v) is 6.29. The molecule has 2 nitrogen and oxygen atoms in total. The van der Waals surface area contributed by atoms with Crippen molar-refractivity contribution in [3.63, 3.8) is 0 Å². The predicted molar refractivity (Wildman–Crippen MR) is 70.2 cm³/mol. The molecule has 1 aromatic carbocycles. The molecule has 0 heterocycles. The van der Waals surface area contributed by atoms with Crippen LogP contribution >= 0.6 is 38.5 Å². The maximum atomic E-state index is 8.86. The van der Waals surface area contributed by atoms with Crippen molar-refractivity contribution in [2.45, 2.75) is 19.5 Å². The second kappa shape index (κ2) is 6.05. The summed E-state index contributed by atoms with van der Waals surface area (Å²) in [5.74, 6) is 0. The van der Waals surface area contributed by atoms with Gasteiger partial charge in [-0.2, -0.15) is 0 Å². The largest absolute Gasteiger partial charge is 0.395 e. The Balaban J connectivity index is 2.62. The summed E-state index contributed by atoms with van der Waals surface area (Å²) >= 11 is 5.79. The minimum Gasteiger partial charge on any atom is -0.395 e. The third-order valence-electron chi connectivity index (χ3n) is 1.92. The average Bonchev–Trinajstić information content (AvgIpc) is 2.19. The van der Waals surface area contributed by atoms with E-state index < -0.39 is 0 Å². The van der Waals surface area contributed by atoms with Crippen LogP contribution in [0.2, 0.25) is 0 Å². The number of aliphatic hydroxyl groups is 1. The summed E-state index contributed by atoms with van der Waals surface area (Å²) in [7, 11) is 0. The standard InChI is InChI=1S/C10H13BrINO/c1-7(6-14)13-5-8-4-9(12)2-3-10(8)11/h2-4,7,13-14H,5-6H2,1H3. The van der Waals surface area contributed by atoms with E-state index in [-0.39, 0.29) is 12.6 Å². The highest BCUT2D eigenvalue weighted by Crippen LogP contribution is 2.19. The van der Waals surface area contributed by atoms with Gasteiger partial charge in [0.15, 0.2) is 0 Å². The number of benzene rings is 1. The van der Waals surface area contributed by atoms with Gasteiger partial charge in [-0.15, -0.1) is 0 Å². The summed E-state index contributed by atoms with van der Waals surface area (Å²) in [6.07, 6.45) is 0. The van der Waals surface area contributed by atoms with Gasteiger partial charge in [0.05, 0.1) is 6.61 Å². The highest BCUT2D eigenvalue weighted by molar-refractivity contribution is 14.1. The Morgan fingerprint density at radius 2 is 2.29 bits per heavy atom. The van der Waals surface area contributed by atoms with E-state index in [0.717, 1.165) is 11.0 Å². The molecule has 2 N–H and O–H groups in total. The second-order valence-electron chi connectivity index (χ2n) is 3.20. The fourth-order valence-corrected chi connectivity index (χ4v) is 1.97. The fourth-order valence-electron chi connectivity index (χ4n) is 1.03. The SMILES string of the molecule is CC(CO)NCc1cc(I)ccc1Br. The first kappa shape index (κ1) is 12.4. The molecule has 0 bridgehead atoms. The molecular weight excluding hydrogens is 357 g/mol. The van der Waals surface area contributed by atoms with Crippen LogP contribution in [0.3, 0.4) is 0 Å². The normalized spacial score (nSPS) is 12.9. The first-order valence-electron chi connectivity index (χ1n) is 4.41. The zero-order valence-electron chi connectivity index (χ0n) is 7.93. The molecule has 4 heteroatoms. The molecule has 1 unspecified atom stereocenters. The summed E-state index contributed by atoms with van der Waals surface area (Å²) < 4.78 is 2.33. The molecule has 0 saturated heterocycles. The van der Waals surface area contributed by atoms with Crippen molar-refractivity contribution < 1.29 is 5.11 Å². The van der Waals surface area contributed by atoms with Crippen molar-refractivity contribution >= 4 is 38.5 Å². The quantitative estimate of drug-likeness (QED) is 0.799. The van der Waals surface area contributed by atoms with Gasteiger partial charge in [0.1, 0.15) is 0 Å². The van der Waals surface area contributed by atoms with Crippen LogP contribution in [-0.2, 0) is 6.54 Å². The van der Waals surface area contributed by atoms with E-state index in [1.807, 2.05) is 13.0 Å². The molecule has 1 rings (SSSR count). The lowest BCUT2D eigenvalue weighted by molar-refractivity contribution is 0.251. The number of aliphatic hydroxyl groups excluding tert-OH is 1. The molecule has 0 radical (unpaired) electrons. The maximum absolute atomic E-state index is 8.86. The molecule has 1 aromatic rings. The summed E-state index contributed by atoms with van der Waals surface area (Å²) in [6, 6.07) is 6.37. The molecule has 0 aliphatic rings. The van der Waals surface area contributed by atoms with Gasteiger partial charge in [0, 0.05) is 20.6 Å². The number of halogens is 2. The van der Waals surface area contributed by atoms with Gasteiger partial charge in [0.2, 0.25) is 0 Å². The summed E-state index contributed by atoms with van der Waals surface area (Å²) in [5.41, 5.74) is 1.22. The van der Waals surface area contributed by atoms with E-state index >= 15 is 0 Å². The van der Waals surface area contributed by atoms with Crippen LogP contribution < -0.4 is 5.32 Å². The molecule has 0 aliphatic heterocycles. The Morgan fingerprint density at radius 1 is 1.57 bits per heavy atom. The second-order valence-corrected chi connectivity index (χ2v) is 5.30. The van der Waals surface area contributed by atoms with Gasteiger partial charge in [-0.05, 0) is 53.3 Å². The van der Waals surface area contributed by atoms with Crippen LogP contribution in [0.25, 0.3) is 0 Å². The molecule has 0 aromatic heterocycles. The van der Waals surface area contributed by atoms with Crippen molar-refractivity contribution in [2.75, 3.05) is 6.61 Å². The van der Waals surface area contributed by atoms with Crippen LogP contribution in [0.4, 0.5) is 0 Å². The van der Waals surface area contributed by atoms with Crippen LogP contribution in [0.1, 0.15) is 12.5 Å².